The predicted molar refractivity (Wildman–Crippen MR) is 74.1 cm³/mol. The van der Waals surface area contributed by atoms with Crippen molar-refractivity contribution in [1.82, 2.24) is 9.62 Å². The minimum absolute atomic E-state index is 0. The lowest BCUT2D eigenvalue weighted by Gasteiger charge is -2.24. The van der Waals surface area contributed by atoms with Crippen LogP contribution in [0.2, 0.25) is 0 Å². The molecular formula is C11H25ClN2O2S. The second kappa shape index (κ2) is 7.56. The molecule has 0 bridgehead atoms. The molecule has 4 nitrogen and oxygen atoms in total. The molecule has 104 valence electrons. The molecule has 1 saturated heterocycles. The van der Waals surface area contributed by atoms with E-state index >= 15 is 0 Å². The van der Waals surface area contributed by atoms with Crippen LogP contribution in [0.4, 0.5) is 0 Å². The molecule has 6 heteroatoms. The number of nitrogens with one attached hydrogen (secondary N) is 1. The maximum absolute atomic E-state index is 12.1. The number of sulfonamides is 1. The molecule has 1 unspecified atom stereocenters. The van der Waals surface area contributed by atoms with Gasteiger partial charge in [-0.15, -0.1) is 12.4 Å². The molecule has 0 amide bonds. The third kappa shape index (κ3) is 5.12. The van der Waals surface area contributed by atoms with Gasteiger partial charge in [-0.3, -0.25) is 0 Å². The second-order valence-electron chi connectivity index (χ2n) is 4.96. The fourth-order valence-electron chi connectivity index (χ4n) is 2.12. The van der Waals surface area contributed by atoms with Gasteiger partial charge >= 0.3 is 0 Å². The van der Waals surface area contributed by atoms with Gasteiger partial charge in [-0.2, -0.15) is 4.31 Å². The lowest BCUT2D eigenvalue weighted by atomic mass is 10.2. The summed E-state index contributed by atoms with van der Waals surface area (Å²) >= 11 is 0. The van der Waals surface area contributed by atoms with Crippen LogP contribution in [0.1, 0.15) is 33.1 Å². The molecule has 1 fully saturated rings. The van der Waals surface area contributed by atoms with E-state index in [2.05, 4.69) is 19.2 Å². The van der Waals surface area contributed by atoms with Crippen molar-refractivity contribution in [3.8, 4) is 0 Å². The first-order valence-corrected chi connectivity index (χ1v) is 7.72. The standard InChI is InChI=1S/C11H24N2O2S.ClH/c1-10(2)6-8-16(14,15)13-7-4-5-11(13)9-12-3;/h10-12H,4-9H2,1-3H3;1H. The van der Waals surface area contributed by atoms with E-state index in [0.717, 1.165) is 25.8 Å². The topological polar surface area (TPSA) is 49.4 Å². The van der Waals surface area contributed by atoms with Crippen molar-refractivity contribution in [2.24, 2.45) is 5.92 Å². The molecule has 1 heterocycles. The molecular weight excluding hydrogens is 260 g/mol. The number of rotatable bonds is 6. The van der Waals surface area contributed by atoms with Gasteiger partial charge in [-0.25, -0.2) is 8.42 Å². The van der Waals surface area contributed by atoms with Crippen LogP contribution in [0, 0.1) is 5.92 Å². The first-order valence-electron chi connectivity index (χ1n) is 6.11. The van der Waals surface area contributed by atoms with Gasteiger partial charge in [0.15, 0.2) is 0 Å². The molecule has 0 spiro atoms. The van der Waals surface area contributed by atoms with Crippen molar-refractivity contribution in [3.05, 3.63) is 0 Å². The minimum atomic E-state index is -3.03. The van der Waals surface area contributed by atoms with E-state index in [-0.39, 0.29) is 18.4 Å². The molecule has 1 aliphatic heterocycles. The summed E-state index contributed by atoms with van der Waals surface area (Å²) < 4.78 is 25.9. The van der Waals surface area contributed by atoms with Crippen LogP contribution in [0.15, 0.2) is 0 Å². The molecule has 0 aromatic rings. The van der Waals surface area contributed by atoms with Crippen molar-refractivity contribution in [2.75, 3.05) is 25.9 Å². The summed E-state index contributed by atoms with van der Waals surface area (Å²) in [6.07, 6.45) is 2.74. The largest absolute Gasteiger partial charge is 0.318 e. The van der Waals surface area contributed by atoms with Gasteiger partial charge in [0, 0.05) is 19.1 Å². The number of likely N-dealkylation sites (N-methyl/N-ethyl adjacent to an activating group) is 1. The lowest BCUT2D eigenvalue weighted by molar-refractivity contribution is 0.377. The molecule has 1 N–H and O–H groups in total. The zero-order valence-electron chi connectivity index (χ0n) is 11.0. The normalized spacial score (nSPS) is 21.8. The first kappa shape index (κ1) is 17.2. The zero-order valence-corrected chi connectivity index (χ0v) is 12.6. The van der Waals surface area contributed by atoms with Gasteiger partial charge in [0.25, 0.3) is 0 Å². The molecule has 0 aromatic heterocycles. The van der Waals surface area contributed by atoms with E-state index in [0.29, 0.717) is 18.2 Å². The fraction of sp³-hybridized carbons (Fsp3) is 1.00. The minimum Gasteiger partial charge on any atom is -0.318 e. The van der Waals surface area contributed by atoms with Gasteiger partial charge < -0.3 is 5.32 Å². The van der Waals surface area contributed by atoms with Crippen LogP contribution in [0.3, 0.4) is 0 Å². The molecule has 1 aliphatic rings. The molecule has 0 radical (unpaired) electrons. The van der Waals surface area contributed by atoms with Gasteiger partial charge in [0.2, 0.25) is 10.0 Å². The Balaban J connectivity index is 0.00000256. The average Bonchev–Trinajstić information content (AvgIpc) is 2.64. The van der Waals surface area contributed by atoms with Crippen molar-refractivity contribution < 1.29 is 8.42 Å². The van der Waals surface area contributed by atoms with Crippen molar-refractivity contribution in [2.45, 2.75) is 39.2 Å². The van der Waals surface area contributed by atoms with Crippen LogP contribution in [-0.4, -0.2) is 44.7 Å². The number of hydrogen-bond acceptors (Lipinski definition) is 3. The first-order chi connectivity index (χ1) is 7.47. The second-order valence-corrected chi connectivity index (χ2v) is 7.00. The Kier molecular flexibility index (Phi) is 7.63. The highest BCUT2D eigenvalue weighted by atomic mass is 35.5. The van der Waals surface area contributed by atoms with Gasteiger partial charge in [0.05, 0.1) is 5.75 Å². The van der Waals surface area contributed by atoms with Gasteiger partial charge in [-0.1, -0.05) is 13.8 Å². The van der Waals surface area contributed by atoms with E-state index in [1.54, 1.807) is 4.31 Å². The lowest BCUT2D eigenvalue weighted by Crippen LogP contribution is -2.42. The van der Waals surface area contributed by atoms with Crippen molar-refractivity contribution in [3.63, 3.8) is 0 Å². The summed E-state index contributed by atoms with van der Waals surface area (Å²) in [5.74, 6) is 0.741. The van der Waals surface area contributed by atoms with E-state index in [1.165, 1.54) is 0 Å². The van der Waals surface area contributed by atoms with E-state index in [9.17, 15) is 8.42 Å². The number of halogens is 1. The third-order valence-corrected chi connectivity index (χ3v) is 5.02. The van der Waals surface area contributed by atoms with Crippen LogP contribution >= 0.6 is 12.4 Å². The highest BCUT2D eigenvalue weighted by Gasteiger charge is 2.33. The maximum atomic E-state index is 12.1. The SMILES string of the molecule is CNCC1CCCN1S(=O)(=O)CCC(C)C.Cl. The summed E-state index contributed by atoms with van der Waals surface area (Å²) in [5.41, 5.74) is 0. The summed E-state index contributed by atoms with van der Waals surface area (Å²) in [6, 6.07) is 0.169. The fourth-order valence-corrected chi connectivity index (χ4v) is 4.16. The molecule has 1 atom stereocenters. The average molecular weight is 285 g/mol. The van der Waals surface area contributed by atoms with E-state index in [1.807, 2.05) is 7.05 Å². The van der Waals surface area contributed by atoms with Gasteiger partial charge in [0.1, 0.15) is 0 Å². The molecule has 0 aliphatic carbocycles. The zero-order chi connectivity index (χ0) is 12.2. The molecule has 0 saturated carbocycles. The van der Waals surface area contributed by atoms with Crippen LogP contribution in [0.25, 0.3) is 0 Å². The Hall–Kier alpha value is 0.160. The smallest absolute Gasteiger partial charge is 0.214 e. The van der Waals surface area contributed by atoms with Crippen LogP contribution < -0.4 is 5.32 Å². The van der Waals surface area contributed by atoms with Crippen LogP contribution in [0.5, 0.6) is 0 Å². The summed E-state index contributed by atoms with van der Waals surface area (Å²) in [5, 5.41) is 3.07. The van der Waals surface area contributed by atoms with Gasteiger partial charge in [-0.05, 0) is 32.2 Å². The highest BCUT2D eigenvalue weighted by Crippen LogP contribution is 2.21. The maximum Gasteiger partial charge on any atom is 0.214 e. The summed E-state index contributed by atoms with van der Waals surface area (Å²) in [7, 11) is -1.16. The molecule has 0 aromatic carbocycles. The Labute approximate surface area is 112 Å². The molecule has 1 rings (SSSR count). The Morgan fingerprint density at radius 3 is 2.59 bits per heavy atom. The summed E-state index contributed by atoms with van der Waals surface area (Å²) in [6.45, 7) is 5.59. The number of nitrogens with zero attached hydrogens (tertiary/aromatic N) is 1. The third-order valence-electron chi connectivity index (χ3n) is 3.07. The Morgan fingerprint density at radius 2 is 2.06 bits per heavy atom. The highest BCUT2D eigenvalue weighted by molar-refractivity contribution is 7.89. The monoisotopic (exact) mass is 284 g/mol. The van der Waals surface area contributed by atoms with E-state index < -0.39 is 10.0 Å². The summed E-state index contributed by atoms with van der Waals surface area (Å²) in [4.78, 5) is 0. The molecule has 17 heavy (non-hydrogen) atoms. The van der Waals surface area contributed by atoms with Crippen molar-refractivity contribution in [1.29, 1.82) is 0 Å². The predicted octanol–water partition coefficient (Wildman–Crippen LogP) is 1.47. The van der Waals surface area contributed by atoms with Crippen molar-refractivity contribution >= 4 is 22.4 Å². The van der Waals surface area contributed by atoms with Crippen LogP contribution in [-0.2, 0) is 10.0 Å². The number of hydrogen-bond donors (Lipinski definition) is 1. The Morgan fingerprint density at radius 1 is 1.41 bits per heavy atom. The van der Waals surface area contributed by atoms with E-state index in [4.69, 9.17) is 0 Å². The quantitative estimate of drug-likeness (QED) is 0.804. The Bertz CT molecular complexity index is 307.